The van der Waals surface area contributed by atoms with Gasteiger partial charge in [-0.15, -0.1) is 11.3 Å². The van der Waals surface area contributed by atoms with E-state index in [0.29, 0.717) is 0 Å². The minimum Gasteiger partial charge on any atom is -0.477 e. The van der Waals surface area contributed by atoms with Crippen LogP contribution in [0.15, 0.2) is 51.6 Å². The number of aromatic amines is 1. The first-order valence-electron chi connectivity index (χ1n) is 5.31. The number of benzene rings is 1. The van der Waals surface area contributed by atoms with Crippen molar-refractivity contribution in [3.8, 4) is 0 Å². The molecule has 0 saturated carbocycles. The van der Waals surface area contributed by atoms with Gasteiger partial charge < -0.3 is 10.1 Å². The topological polar surface area (TPSA) is 53.1 Å². The molecule has 0 amide bonds. The summed E-state index contributed by atoms with van der Waals surface area (Å²) >= 11 is 3.00. The number of hydrogen-bond donors (Lipinski definition) is 2. The minimum atomic E-state index is -0.920. The van der Waals surface area contributed by atoms with E-state index in [1.54, 1.807) is 0 Å². The SMILES string of the molecule is O=C(O)c1[nH]c2sccc2c1Sc1ccccc1. The molecule has 3 nitrogen and oxygen atoms in total. The fraction of sp³-hybridized carbons (Fsp3) is 0. The molecule has 0 radical (unpaired) electrons. The standard InChI is InChI=1S/C13H9NO2S2/c15-13(16)10-11(9-6-7-17-12(9)14-10)18-8-4-2-1-3-5-8/h1-7,14H,(H,15,16). The number of carboxylic acid groups (broad SMARTS) is 1. The second kappa shape index (κ2) is 4.51. The van der Waals surface area contributed by atoms with E-state index in [-0.39, 0.29) is 5.69 Å². The summed E-state index contributed by atoms with van der Waals surface area (Å²) < 4.78 is 0. The summed E-state index contributed by atoms with van der Waals surface area (Å²) in [6, 6.07) is 11.7. The Morgan fingerprint density at radius 3 is 2.72 bits per heavy atom. The maximum atomic E-state index is 11.2. The van der Waals surface area contributed by atoms with Crippen molar-refractivity contribution < 1.29 is 9.90 Å². The molecule has 0 spiro atoms. The molecule has 0 aliphatic carbocycles. The summed E-state index contributed by atoms with van der Waals surface area (Å²) in [5.74, 6) is -0.920. The Hall–Kier alpha value is -1.72. The van der Waals surface area contributed by atoms with Crippen LogP contribution >= 0.6 is 23.1 Å². The highest BCUT2D eigenvalue weighted by Crippen LogP contribution is 2.38. The molecule has 0 atom stereocenters. The van der Waals surface area contributed by atoms with Crippen molar-refractivity contribution in [2.45, 2.75) is 9.79 Å². The van der Waals surface area contributed by atoms with Crippen LogP contribution in [-0.4, -0.2) is 16.1 Å². The highest BCUT2D eigenvalue weighted by Gasteiger charge is 2.18. The van der Waals surface area contributed by atoms with Crippen molar-refractivity contribution in [2.75, 3.05) is 0 Å². The van der Waals surface area contributed by atoms with Gasteiger partial charge in [-0.05, 0) is 23.6 Å². The van der Waals surface area contributed by atoms with Gasteiger partial charge in [-0.25, -0.2) is 4.79 Å². The van der Waals surface area contributed by atoms with E-state index in [0.717, 1.165) is 20.0 Å². The first kappa shape index (κ1) is 11.4. The zero-order chi connectivity index (χ0) is 12.5. The Labute approximate surface area is 111 Å². The molecule has 2 aromatic heterocycles. The van der Waals surface area contributed by atoms with Crippen molar-refractivity contribution in [1.82, 2.24) is 4.98 Å². The molecule has 0 aliphatic rings. The van der Waals surface area contributed by atoms with Gasteiger partial charge in [0.25, 0.3) is 0 Å². The van der Waals surface area contributed by atoms with E-state index in [9.17, 15) is 9.90 Å². The molecule has 3 aromatic rings. The first-order valence-corrected chi connectivity index (χ1v) is 7.00. The molecular formula is C13H9NO2S2. The number of thiophene rings is 1. The largest absolute Gasteiger partial charge is 0.477 e. The Balaban J connectivity index is 2.11. The van der Waals surface area contributed by atoms with Gasteiger partial charge in [-0.1, -0.05) is 30.0 Å². The number of carboxylic acids is 1. The van der Waals surface area contributed by atoms with E-state index in [4.69, 9.17) is 0 Å². The number of aromatic carboxylic acids is 1. The van der Waals surface area contributed by atoms with Crippen LogP contribution in [0, 0.1) is 0 Å². The molecule has 0 unspecified atom stereocenters. The van der Waals surface area contributed by atoms with Crippen molar-refractivity contribution in [3.63, 3.8) is 0 Å². The third-order valence-electron chi connectivity index (χ3n) is 2.55. The smallest absolute Gasteiger partial charge is 0.353 e. The molecule has 0 aliphatic heterocycles. The lowest BCUT2D eigenvalue weighted by Crippen LogP contribution is -1.97. The Morgan fingerprint density at radius 2 is 2.00 bits per heavy atom. The van der Waals surface area contributed by atoms with E-state index in [2.05, 4.69) is 4.98 Å². The van der Waals surface area contributed by atoms with Gasteiger partial charge in [-0.2, -0.15) is 0 Å². The number of fused-ring (bicyclic) bond motifs is 1. The van der Waals surface area contributed by atoms with Crippen LogP contribution in [0.1, 0.15) is 10.5 Å². The zero-order valence-corrected chi connectivity index (χ0v) is 10.8. The third kappa shape index (κ3) is 1.91. The summed E-state index contributed by atoms with van der Waals surface area (Å²) in [7, 11) is 0. The number of aromatic nitrogens is 1. The van der Waals surface area contributed by atoms with Crippen LogP contribution in [0.3, 0.4) is 0 Å². The summed E-state index contributed by atoms with van der Waals surface area (Å²) in [6.45, 7) is 0. The van der Waals surface area contributed by atoms with Crippen molar-refractivity contribution in [3.05, 3.63) is 47.5 Å². The van der Waals surface area contributed by atoms with Crippen LogP contribution < -0.4 is 0 Å². The molecule has 18 heavy (non-hydrogen) atoms. The van der Waals surface area contributed by atoms with Crippen molar-refractivity contribution >= 4 is 39.3 Å². The van der Waals surface area contributed by atoms with Crippen LogP contribution in [0.2, 0.25) is 0 Å². The zero-order valence-electron chi connectivity index (χ0n) is 9.21. The number of H-pyrrole nitrogens is 1. The average Bonchev–Trinajstić information content (AvgIpc) is 2.93. The van der Waals surface area contributed by atoms with E-state index < -0.39 is 5.97 Å². The van der Waals surface area contributed by atoms with Gasteiger partial charge in [0.15, 0.2) is 0 Å². The van der Waals surface area contributed by atoms with Gasteiger partial charge in [0.1, 0.15) is 10.5 Å². The number of rotatable bonds is 3. The number of carbonyl (C=O) groups is 1. The second-order valence-corrected chi connectivity index (χ2v) is 5.71. The van der Waals surface area contributed by atoms with E-state index in [1.807, 2.05) is 41.8 Å². The van der Waals surface area contributed by atoms with Gasteiger partial charge in [0.05, 0.1) is 4.90 Å². The predicted molar refractivity (Wildman–Crippen MR) is 73.7 cm³/mol. The highest BCUT2D eigenvalue weighted by atomic mass is 32.2. The summed E-state index contributed by atoms with van der Waals surface area (Å²) in [4.78, 5) is 16.9. The molecular weight excluding hydrogens is 266 g/mol. The molecule has 5 heteroatoms. The molecule has 2 N–H and O–H groups in total. The molecule has 1 aromatic carbocycles. The summed E-state index contributed by atoms with van der Waals surface area (Å²) in [5, 5.41) is 12.2. The van der Waals surface area contributed by atoms with E-state index >= 15 is 0 Å². The van der Waals surface area contributed by atoms with Gasteiger partial charge in [-0.3, -0.25) is 0 Å². The lowest BCUT2D eigenvalue weighted by Gasteiger charge is -2.01. The molecule has 90 valence electrons. The summed E-state index contributed by atoms with van der Waals surface area (Å²) in [6.07, 6.45) is 0. The maximum absolute atomic E-state index is 11.2. The minimum absolute atomic E-state index is 0.269. The highest BCUT2D eigenvalue weighted by molar-refractivity contribution is 7.99. The lowest BCUT2D eigenvalue weighted by molar-refractivity contribution is 0.0688. The van der Waals surface area contributed by atoms with Gasteiger partial charge in [0.2, 0.25) is 0 Å². The van der Waals surface area contributed by atoms with Crippen LogP contribution in [0.25, 0.3) is 10.2 Å². The van der Waals surface area contributed by atoms with E-state index in [1.165, 1.54) is 23.1 Å². The summed E-state index contributed by atoms with van der Waals surface area (Å²) in [5.41, 5.74) is 0.269. The second-order valence-electron chi connectivity index (χ2n) is 3.71. The Kier molecular flexibility index (Phi) is 2.85. The Morgan fingerprint density at radius 1 is 1.22 bits per heavy atom. The fourth-order valence-corrected chi connectivity index (χ4v) is 3.67. The monoisotopic (exact) mass is 275 g/mol. The molecule has 0 bridgehead atoms. The normalized spacial score (nSPS) is 10.9. The lowest BCUT2D eigenvalue weighted by atomic mass is 10.3. The quantitative estimate of drug-likeness (QED) is 0.757. The first-order chi connectivity index (χ1) is 8.75. The average molecular weight is 275 g/mol. The van der Waals surface area contributed by atoms with Crippen molar-refractivity contribution in [2.24, 2.45) is 0 Å². The molecule has 3 rings (SSSR count). The van der Waals surface area contributed by atoms with Crippen molar-refractivity contribution in [1.29, 1.82) is 0 Å². The van der Waals surface area contributed by atoms with Gasteiger partial charge in [0, 0.05) is 10.3 Å². The predicted octanol–water partition coefficient (Wildman–Crippen LogP) is 4.08. The number of nitrogens with one attached hydrogen (secondary N) is 1. The fourth-order valence-electron chi connectivity index (χ4n) is 1.75. The molecule has 0 fully saturated rings. The molecule has 0 saturated heterocycles. The van der Waals surface area contributed by atoms with Crippen LogP contribution in [0.4, 0.5) is 0 Å². The third-order valence-corrected chi connectivity index (χ3v) is 4.52. The maximum Gasteiger partial charge on any atom is 0.353 e. The molecule has 2 heterocycles. The van der Waals surface area contributed by atoms with Crippen LogP contribution in [0.5, 0.6) is 0 Å². The number of hydrogen-bond acceptors (Lipinski definition) is 3. The Bertz CT molecular complexity index is 700. The van der Waals surface area contributed by atoms with Crippen LogP contribution in [-0.2, 0) is 0 Å². The van der Waals surface area contributed by atoms with Gasteiger partial charge >= 0.3 is 5.97 Å².